The number of halogens is 1. The van der Waals surface area contributed by atoms with Crippen molar-refractivity contribution in [1.29, 1.82) is 0 Å². The van der Waals surface area contributed by atoms with Gasteiger partial charge in [0.25, 0.3) is 0 Å². The van der Waals surface area contributed by atoms with Gasteiger partial charge < -0.3 is 16.4 Å². The maximum atomic E-state index is 5.35. The van der Waals surface area contributed by atoms with Gasteiger partial charge in [-0.1, -0.05) is 0 Å². The summed E-state index contributed by atoms with van der Waals surface area (Å²) in [7, 11) is 0. The predicted octanol–water partition coefficient (Wildman–Crippen LogP) is -0.679. The third-order valence-corrected chi connectivity index (χ3v) is 1.08. The summed E-state index contributed by atoms with van der Waals surface area (Å²) in [6, 6.07) is 0.518. The molecule has 0 unspecified atom stereocenters. The van der Waals surface area contributed by atoms with Crippen molar-refractivity contribution in [2.75, 3.05) is 32.2 Å². The summed E-state index contributed by atoms with van der Waals surface area (Å²) in [4.78, 5) is 0. The lowest BCUT2D eigenvalue weighted by molar-refractivity contribution is 0.647. The highest BCUT2D eigenvalue weighted by Crippen LogP contribution is 1.63. The normalized spacial score (nSPS) is 10.0. The summed E-state index contributed by atoms with van der Waals surface area (Å²) in [5.74, 6) is 0. The van der Waals surface area contributed by atoms with Gasteiger partial charge in [0.1, 0.15) is 0 Å². The van der Waals surface area contributed by atoms with E-state index in [4.69, 9.17) is 17.3 Å². The van der Waals surface area contributed by atoms with Crippen LogP contribution >= 0.6 is 11.6 Å². The van der Waals surface area contributed by atoms with E-state index < -0.39 is 0 Å². The van der Waals surface area contributed by atoms with E-state index in [1.807, 2.05) is 0 Å². The van der Waals surface area contributed by atoms with E-state index in [0.717, 1.165) is 19.6 Å². The van der Waals surface area contributed by atoms with Crippen LogP contribution in [0.5, 0.6) is 0 Å². The van der Waals surface area contributed by atoms with Gasteiger partial charge in [-0.15, -0.1) is 11.6 Å². The smallest absolute Gasteiger partial charge is 0.0713 e. The zero-order chi connectivity index (χ0) is 6.95. The largest absolute Gasteiger partial charge is 0.329 e. The highest BCUT2D eigenvalue weighted by atomic mass is 35.5. The molecule has 56 valence electrons. The Bertz CT molecular complexity index is 45.5. The molecule has 0 bridgehead atoms. The van der Waals surface area contributed by atoms with Crippen molar-refractivity contribution in [1.82, 2.24) is 10.6 Å². The molecule has 3 nitrogen and oxygen atoms in total. The van der Waals surface area contributed by atoms with Gasteiger partial charge in [-0.3, -0.25) is 0 Å². The van der Waals surface area contributed by atoms with Crippen LogP contribution in [0.2, 0.25) is 0 Å². The van der Waals surface area contributed by atoms with Crippen molar-refractivity contribution >= 4 is 11.6 Å². The maximum Gasteiger partial charge on any atom is 0.0713 e. The Labute approximate surface area is 60.9 Å². The number of hydrogen-bond donors (Lipinski definition) is 3. The van der Waals surface area contributed by atoms with Gasteiger partial charge in [-0.05, 0) is 0 Å². The van der Waals surface area contributed by atoms with Gasteiger partial charge in [-0.25, -0.2) is 0 Å². The van der Waals surface area contributed by atoms with E-state index in [9.17, 15) is 0 Å². The van der Waals surface area contributed by atoms with Gasteiger partial charge in [0, 0.05) is 26.2 Å². The zero-order valence-corrected chi connectivity index (χ0v) is 6.25. The second kappa shape index (κ2) is 8.17. The van der Waals surface area contributed by atoms with Gasteiger partial charge in [0.05, 0.1) is 6.00 Å². The summed E-state index contributed by atoms with van der Waals surface area (Å²) in [6.07, 6.45) is 0. The number of rotatable bonds is 6. The molecule has 0 atom stereocenters. The Morgan fingerprint density at radius 3 is 2.33 bits per heavy atom. The summed E-state index contributed by atoms with van der Waals surface area (Å²) in [5.41, 5.74) is 5.23. The Balaban J connectivity index is 2.60. The molecule has 0 aliphatic carbocycles. The average molecular weight is 152 g/mol. The lowest BCUT2D eigenvalue weighted by Crippen LogP contribution is -2.30. The summed E-state index contributed by atoms with van der Waals surface area (Å²) in [6.45, 7) is 3.41. The quantitative estimate of drug-likeness (QED) is 0.268. The van der Waals surface area contributed by atoms with Crippen LogP contribution in [0.1, 0.15) is 0 Å². The fraction of sp³-hybridized carbons (Fsp3) is 1.00. The van der Waals surface area contributed by atoms with E-state index >= 15 is 0 Å². The molecule has 0 saturated heterocycles. The molecular weight excluding hydrogens is 138 g/mol. The highest BCUT2D eigenvalue weighted by Gasteiger charge is 1.82. The average Bonchev–Trinajstić information content (AvgIpc) is 1.89. The molecule has 0 saturated carbocycles. The van der Waals surface area contributed by atoms with E-state index in [1.165, 1.54) is 0 Å². The molecule has 0 spiro atoms. The van der Waals surface area contributed by atoms with Gasteiger partial charge in [0.2, 0.25) is 0 Å². The lowest BCUT2D eigenvalue weighted by Gasteiger charge is -2.01. The zero-order valence-electron chi connectivity index (χ0n) is 5.49. The molecule has 0 aromatic rings. The molecule has 4 N–H and O–H groups in total. The van der Waals surface area contributed by atoms with Crippen LogP contribution in [0.25, 0.3) is 0 Å². The number of nitrogens with two attached hydrogens (primary N) is 1. The van der Waals surface area contributed by atoms with Crippen LogP contribution in [-0.2, 0) is 0 Å². The third kappa shape index (κ3) is 8.17. The molecule has 0 aromatic carbocycles. The van der Waals surface area contributed by atoms with E-state index in [2.05, 4.69) is 10.6 Å². The van der Waals surface area contributed by atoms with Crippen molar-refractivity contribution in [3.05, 3.63) is 0 Å². The van der Waals surface area contributed by atoms with Crippen LogP contribution in [0, 0.1) is 0 Å². The Morgan fingerprint density at radius 2 is 1.78 bits per heavy atom. The molecule has 0 aliphatic heterocycles. The first-order valence-corrected chi connectivity index (χ1v) is 3.62. The minimum atomic E-state index is 0.518. The van der Waals surface area contributed by atoms with Crippen LogP contribution < -0.4 is 16.4 Å². The molecule has 0 rings (SSSR count). The topological polar surface area (TPSA) is 50.1 Å². The molecule has 0 aromatic heterocycles. The van der Waals surface area contributed by atoms with E-state index in [0.29, 0.717) is 12.5 Å². The number of hydrogen-bond acceptors (Lipinski definition) is 3. The first-order valence-electron chi connectivity index (χ1n) is 3.09. The first kappa shape index (κ1) is 9.17. The number of alkyl halides is 1. The molecule has 0 radical (unpaired) electrons. The van der Waals surface area contributed by atoms with Gasteiger partial charge in [0.15, 0.2) is 0 Å². The molecular formula is C5H14ClN3. The van der Waals surface area contributed by atoms with Gasteiger partial charge in [-0.2, -0.15) is 0 Å². The van der Waals surface area contributed by atoms with Crippen LogP contribution in [-0.4, -0.2) is 32.2 Å². The third-order valence-electron chi connectivity index (χ3n) is 0.894. The van der Waals surface area contributed by atoms with Crippen LogP contribution in [0.3, 0.4) is 0 Å². The maximum absolute atomic E-state index is 5.35. The number of nitrogens with one attached hydrogen (secondary N) is 2. The lowest BCUT2D eigenvalue weighted by atomic mass is 10.6. The standard InChI is InChI=1S/C5H14ClN3/c6-5-9-4-3-8-2-1-7/h8-9H,1-5,7H2. The van der Waals surface area contributed by atoms with Crippen molar-refractivity contribution in [3.8, 4) is 0 Å². The van der Waals surface area contributed by atoms with Crippen molar-refractivity contribution in [3.63, 3.8) is 0 Å². The van der Waals surface area contributed by atoms with E-state index in [1.54, 1.807) is 0 Å². The molecule has 0 amide bonds. The predicted molar refractivity (Wildman–Crippen MR) is 40.6 cm³/mol. The van der Waals surface area contributed by atoms with E-state index in [-0.39, 0.29) is 0 Å². The fourth-order valence-corrected chi connectivity index (χ4v) is 0.604. The Kier molecular flexibility index (Phi) is 8.32. The van der Waals surface area contributed by atoms with Crippen LogP contribution in [0.15, 0.2) is 0 Å². The monoisotopic (exact) mass is 151 g/mol. The molecule has 0 aliphatic rings. The highest BCUT2D eigenvalue weighted by molar-refractivity contribution is 6.17. The second-order valence-corrected chi connectivity index (χ2v) is 1.94. The molecule has 9 heavy (non-hydrogen) atoms. The fourth-order valence-electron chi connectivity index (χ4n) is 0.471. The summed E-state index contributed by atoms with van der Waals surface area (Å²) in [5, 5.41) is 6.09. The summed E-state index contributed by atoms with van der Waals surface area (Å²) < 4.78 is 0. The van der Waals surface area contributed by atoms with Gasteiger partial charge >= 0.3 is 0 Å². The Hall–Kier alpha value is 0.170. The first-order chi connectivity index (χ1) is 4.41. The molecule has 0 heterocycles. The molecule has 4 heteroatoms. The SMILES string of the molecule is NCCNCCNCCl. The van der Waals surface area contributed by atoms with Crippen molar-refractivity contribution < 1.29 is 0 Å². The Morgan fingerprint density at radius 1 is 1.11 bits per heavy atom. The van der Waals surface area contributed by atoms with Crippen molar-refractivity contribution in [2.45, 2.75) is 0 Å². The second-order valence-electron chi connectivity index (χ2n) is 1.67. The van der Waals surface area contributed by atoms with Crippen molar-refractivity contribution in [2.24, 2.45) is 5.73 Å². The molecule has 0 fully saturated rings. The summed E-state index contributed by atoms with van der Waals surface area (Å²) >= 11 is 5.35. The minimum Gasteiger partial charge on any atom is -0.329 e. The van der Waals surface area contributed by atoms with Crippen LogP contribution in [0.4, 0.5) is 0 Å². The minimum absolute atomic E-state index is 0.518.